The van der Waals surface area contributed by atoms with Crippen LogP contribution in [0.1, 0.15) is 36.1 Å². The van der Waals surface area contributed by atoms with E-state index in [1.165, 1.54) is 0 Å². The molecule has 2 aromatic rings. The van der Waals surface area contributed by atoms with Gasteiger partial charge in [-0.15, -0.1) is 0 Å². The predicted octanol–water partition coefficient (Wildman–Crippen LogP) is 3.08. The summed E-state index contributed by atoms with van der Waals surface area (Å²) in [5.41, 5.74) is 1.81. The predicted molar refractivity (Wildman–Crippen MR) is 81.5 cm³/mol. The lowest BCUT2D eigenvalue weighted by Gasteiger charge is -2.32. The van der Waals surface area contributed by atoms with Gasteiger partial charge in [-0.25, -0.2) is 0 Å². The first-order valence-corrected chi connectivity index (χ1v) is 7.35. The number of benzene rings is 2. The molecule has 2 aromatic carbocycles. The molecule has 1 fully saturated rings. The summed E-state index contributed by atoms with van der Waals surface area (Å²) in [7, 11) is 0. The lowest BCUT2D eigenvalue weighted by atomic mass is 9.94. The number of likely N-dealkylation sites (tertiary alicyclic amines) is 1. The highest BCUT2D eigenvalue weighted by atomic mass is 16.3. The van der Waals surface area contributed by atoms with E-state index < -0.39 is 6.10 Å². The molecule has 0 aromatic heterocycles. The van der Waals surface area contributed by atoms with Crippen molar-refractivity contribution in [1.82, 2.24) is 4.90 Å². The molecule has 1 heterocycles. The number of rotatable bonds is 4. The van der Waals surface area contributed by atoms with Gasteiger partial charge < -0.3 is 10.0 Å². The van der Waals surface area contributed by atoms with E-state index in [1.54, 1.807) is 0 Å². The topological polar surface area (TPSA) is 40.5 Å². The molecule has 108 valence electrons. The molecule has 0 spiro atoms. The van der Waals surface area contributed by atoms with Crippen molar-refractivity contribution < 1.29 is 9.90 Å². The van der Waals surface area contributed by atoms with E-state index in [1.807, 2.05) is 65.6 Å². The summed E-state index contributed by atoms with van der Waals surface area (Å²) in [5, 5.41) is 10.8. The van der Waals surface area contributed by atoms with Gasteiger partial charge in [0.15, 0.2) is 0 Å². The van der Waals surface area contributed by atoms with E-state index in [2.05, 4.69) is 0 Å². The molecule has 2 unspecified atom stereocenters. The minimum atomic E-state index is -0.712. The van der Waals surface area contributed by atoms with Crippen LogP contribution in [0, 0.1) is 0 Å². The third-order valence-corrected chi connectivity index (χ3v) is 4.03. The Labute approximate surface area is 124 Å². The molecule has 21 heavy (non-hydrogen) atoms. The first-order valence-electron chi connectivity index (χ1n) is 7.35. The van der Waals surface area contributed by atoms with Crippen LogP contribution in [-0.4, -0.2) is 22.5 Å². The molecule has 0 saturated carbocycles. The molecule has 3 heteroatoms. The van der Waals surface area contributed by atoms with Crippen LogP contribution in [0.3, 0.4) is 0 Å². The minimum absolute atomic E-state index is 0.124. The van der Waals surface area contributed by atoms with Gasteiger partial charge in [0.25, 0.3) is 0 Å². The fraction of sp³-hybridized carbons (Fsp3) is 0.278. The number of aliphatic hydroxyl groups is 1. The van der Waals surface area contributed by atoms with Crippen LogP contribution in [-0.2, 0) is 4.79 Å². The number of hydrogen-bond acceptors (Lipinski definition) is 2. The Morgan fingerprint density at radius 2 is 1.48 bits per heavy atom. The van der Waals surface area contributed by atoms with E-state index >= 15 is 0 Å². The van der Waals surface area contributed by atoms with Crippen molar-refractivity contribution in [3.8, 4) is 0 Å². The van der Waals surface area contributed by atoms with Crippen LogP contribution in [0.4, 0.5) is 0 Å². The van der Waals surface area contributed by atoms with Crippen LogP contribution >= 0.6 is 0 Å². The Balaban J connectivity index is 1.98. The lowest BCUT2D eigenvalue weighted by molar-refractivity contribution is -0.132. The van der Waals surface area contributed by atoms with Crippen LogP contribution in [0.15, 0.2) is 60.7 Å². The van der Waals surface area contributed by atoms with Gasteiger partial charge in [-0.3, -0.25) is 4.79 Å². The van der Waals surface area contributed by atoms with Crippen LogP contribution < -0.4 is 0 Å². The monoisotopic (exact) mass is 281 g/mol. The van der Waals surface area contributed by atoms with Gasteiger partial charge in [-0.2, -0.15) is 0 Å². The zero-order valence-electron chi connectivity index (χ0n) is 11.9. The molecule has 0 bridgehead atoms. The van der Waals surface area contributed by atoms with Crippen molar-refractivity contribution in [2.45, 2.75) is 25.0 Å². The zero-order chi connectivity index (χ0) is 14.7. The summed E-state index contributed by atoms with van der Waals surface area (Å²) in [6.45, 7) is 0.711. The Morgan fingerprint density at radius 3 is 2.00 bits per heavy atom. The second kappa shape index (κ2) is 6.10. The van der Waals surface area contributed by atoms with Crippen LogP contribution in [0.5, 0.6) is 0 Å². The van der Waals surface area contributed by atoms with Crippen molar-refractivity contribution in [2.24, 2.45) is 0 Å². The number of carbonyl (C=O) groups is 1. The standard InChI is InChI=1S/C18H19NO2/c20-16-12-7-13-19(16)17(14-8-3-1-4-9-14)18(21)15-10-5-2-6-11-15/h1-6,8-11,17-18,21H,7,12-13H2. The third kappa shape index (κ3) is 2.83. The van der Waals surface area contributed by atoms with Gasteiger partial charge in [0, 0.05) is 13.0 Å². The maximum Gasteiger partial charge on any atom is 0.223 e. The molecule has 1 N–H and O–H groups in total. The fourth-order valence-electron chi connectivity index (χ4n) is 2.98. The van der Waals surface area contributed by atoms with Crippen molar-refractivity contribution in [1.29, 1.82) is 0 Å². The molecule has 1 saturated heterocycles. The normalized spacial score (nSPS) is 17.8. The molecular formula is C18H19NO2. The van der Waals surface area contributed by atoms with Crippen molar-refractivity contribution in [2.75, 3.05) is 6.54 Å². The molecule has 0 radical (unpaired) electrons. The van der Waals surface area contributed by atoms with Gasteiger partial charge in [0.05, 0.1) is 6.04 Å². The second-order valence-electron chi connectivity index (χ2n) is 5.40. The van der Waals surface area contributed by atoms with Gasteiger partial charge in [-0.1, -0.05) is 60.7 Å². The Hall–Kier alpha value is -2.13. The minimum Gasteiger partial charge on any atom is -0.386 e. The van der Waals surface area contributed by atoms with Gasteiger partial charge in [0.2, 0.25) is 5.91 Å². The largest absolute Gasteiger partial charge is 0.386 e. The number of carbonyl (C=O) groups excluding carboxylic acids is 1. The summed E-state index contributed by atoms with van der Waals surface area (Å²) in [4.78, 5) is 14.0. The maximum absolute atomic E-state index is 12.1. The zero-order valence-corrected chi connectivity index (χ0v) is 11.9. The third-order valence-electron chi connectivity index (χ3n) is 4.03. The summed E-state index contributed by atoms with van der Waals surface area (Å²) in [6, 6.07) is 19.0. The quantitative estimate of drug-likeness (QED) is 0.935. The van der Waals surface area contributed by atoms with Crippen molar-refractivity contribution in [3.05, 3.63) is 71.8 Å². The maximum atomic E-state index is 12.1. The Bertz CT molecular complexity index is 597. The number of nitrogens with zero attached hydrogens (tertiary/aromatic N) is 1. The SMILES string of the molecule is O=C1CCCN1C(c1ccccc1)C(O)c1ccccc1. The van der Waals surface area contributed by atoms with E-state index in [-0.39, 0.29) is 11.9 Å². The average molecular weight is 281 g/mol. The summed E-state index contributed by atoms with van der Waals surface area (Å²) >= 11 is 0. The average Bonchev–Trinajstić information content (AvgIpc) is 2.95. The summed E-state index contributed by atoms with van der Waals surface area (Å²) < 4.78 is 0. The number of hydrogen-bond donors (Lipinski definition) is 1. The van der Waals surface area contributed by atoms with Crippen molar-refractivity contribution >= 4 is 5.91 Å². The van der Waals surface area contributed by atoms with E-state index in [4.69, 9.17) is 0 Å². The molecule has 0 aliphatic carbocycles. The lowest BCUT2D eigenvalue weighted by Crippen LogP contribution is -2.33. The molecule has 2 atom stereocenters. The molecule has 1 amide bonds. The summed E-state index contributed by atoms with van der Waals surface area (Å²) in [5.74, 6) is 0.124. The highest BCUT2D eigenvalue weighted by Crippen LogP contribution is 2.36. The molecule has 1 aliphatic rings. The first kappa shape index (κ1) is 13.8. The summed E-state index contributed by atoms with van der Waals surface area (Å²) in [6.07, 6.45) is 0.727. The fourth-order valence-corrected chi connectivity index (χ4v) is 2.98. The second-order valence-corrected chi connectivity index (χ2v) is 5.40. The number of aliphatic hydroxyl groups excluding tert-OH is 1. The number of amides is 1. The molecule has 1 aliphatic heterocycles. The van der Waals surface area contributed by atoms with E-state index in [0.717, 1.165) is 17.5 Å². The smallest absolute Gasteiger partial charge is 0.223 e. The molecule has 3 nitrogen and oxygen atoms in total. The van der Waals surface area contributed by atoms with Gasteiger partial charge in [-0.05, 0) is 17.5 Å². The molecule has 3 rings (SSSR count). The van der Waals surface area contributed by atoms with Gasteiger partial charge in [0.1, 0.15) is 6.10 Å². The molecular weight excluding hydrogens is 262 g/mol. The Kier molecular flexibility index (Phi) is 4.02. The van der Waals surface area contributed by atoms with Crippen LogP contribution in [0.25, 0.3) is 0 Å². The highest BCUT2D eigenvalue weighted by molar-refractivity contribution is 5.78. The van der Waals surface area contributed by atoms with E-state index in [9.17, 15) is 9.90 Å². The van der Waals surface area contributed by atoms with Gasteiger partial charge >= 0.3 is 0 Å². The van der Waals surface area contributed by atoms with E-state index in [0.29, 0.717) is 13.0 Å². The Morgan fingerprint density at radius 1 is 0.905 bits per heavy atom. The first-order chi connectivity index (χ1) is 10.3. The highest BCUT2D eigenvalue weighted by Gasteiger charge is 2.34. The van der Waals surface area contributed by atoms with Crippen LogP contribution in [0.2, 0.25) is 0 Å². The van der Waals surface area contributed by atoms with Crippen molar-refractivity contribution in [3.63, 3.8) is 0 Å².